The summed E-state index contributed by atoms with van der Waals surface area (Å²) in [5.41, 5.74) is -1.85. The molecule has 6 aliphatic carbocycles. The molecule has 2 heterocycles. The number of esters is 2. The van der Waals surface area contributed by atoms with Gasteiger partial charge in [0, 0.05) is 43.2 Å². The Morgan fingerprint density at radius 1 is 0.812 bits per heavy atom. The Hall–Kier alpha value is -4.73. The average molecular weight is 956 g/mol. The van der Waals surface area contributed by atoms with Gasteiger partial charge >= 0.3 is 30.2 Å². The van der Waals surface area contributed by atoms with Crippen LogP contribution in [0, 0.1) is 51.8 Å². The van der Waals surface area contributed by atoms with Crippen LogP contribution in [0.2, 0.25) is 0 Å². The molecule has 15 nitrogen and oxygen atoms in total. The monoisotopic (exact) mass is 955 g/mol. The van der Waals surface area contributed by atoms with E-state index in [-0.39, 0.29) is 58.9 Å². The fourth-order valence-electron chi connectivity index (χ4n) is 16.9. The van der Waals surface area contributed by atoms with E-state index in [1.807, 2.05) is 0 Å². The van der Waals surface area contributed by atoms with Crippen molar-refractivity contribution >= 4 is 30.2 Å². The predicted molar refractivity (Wildman–Crippen MR) is 247 cm³/mol. The summed E-state index contributed by atoms with van der Waals surface area (Å²) >= 11 is 0. The Morgan fingerprint density at radius 2 is 1.51 bits per heavy atom. The maximum Gasteiger partial charge on any atom is 0.513 e. The van der Waals surface area contributed by atoms with E-state index in [9.17, 15) is 39.3 Å². The molecule has 8 fully saturated rings. The van der Waals surface area contributed by atoms with Crippen LogP contribution < -0.4 is 5.32 Å². The summed E-state index contributed by atoms with van der Waals surface area (Å²) in [5, 5.41) is 35.5. The van der Waals surface area contributed by atoms with E-state index in [0.29, 0.717) is 55.3 Å². The largest absolute Gasteiger partial charge is 0.513 e. The second kappa shape index (κ2) is 18.1. The molecule has 9 unspecified atom stereocenters. The van der Waals surface area contributed by atoms with Gasteiger partial charge in [0.2, 0.25) is 6.79 Å². The van der Waals surface area contributed by atoms with Gasteiger partial charge in [-0.1, -0.05) is 81.4 Å². The van der Waals surface area contributed by atoms with Crippen LogP contribution in [0.3, 0.4) is 0 Å². The first-order chi connectivity index (χ1) is 33.1. The SMILES string of the molecule is C[C@H](CCC(=O)O)C1CCC2C3C(C[C@H](O)[C@@]21C)[C@@]1(C)CC[C@@H](OC(=O)NCC(=O)OCOC(=O)OC(C(=O)OC2CC4C25CCC5[N+]42CCCC2)(c2ccccc2)c2ccccc2)CC1C[C@H]3O. The van der Waals surface area contributed by atoms with Gasteiger partial charge in [0.05, 0.1) is 25.3 Å². The number of ether oxygens (including phenoxy) is 5. The van der Waals surface area contributed by atoms with Crippen LogP contribution in [0.25, 0.3) is 0 Å². The summed E-state index contributed by atoms with van der Waals surface area (Å²) in [6, 6.07) is 18.4. The normalized spacial score (nSPS) is 38.1. The maximum absolute atomic E-state index is 14.7. The average Bonchev–Trinajstić information content (AvgIpc) is 3.95. The molecule has 2 aromatic rings. The topological polar surface area (TPSA) is 204 Å². The Balaban J connectivity index is 0.715. The molecule has 69 heavy (non-hydrogen) atoms. The van der Waals surface area contributed by atoms with E-state index >= 15 is 0 Å². The van der Waals surface area contributed by atoms with Crippen molar-refractivity contribution in [1.29, 1.82) is 0 Å². The first kappa shape index (κ1) is 47.9. The van der Waals surface area contributed by atoms with Gasteiger partial charge in [-0.3, -0.25) is 9.59 Å². The molecule has 10 rings (SSSR count). The standard InChI is InChI=1S/C54H70N2O13/c1-32(16-19-45(59)60)37-17-18-38-47-39(28-43(58)52(37,38)3)51(2)22-20-36(26-35(51)27-40(47)57)67-49(63)55-30-46(61)65-31-66-50(64)69-54(33-12-6-4-7-13-33,34-14-8-5-9-15-34)48(62)68-44-29-42-53(44)23-21-41(53)56(42)24-10-11-25-56/h4-9,12-15,32,35-44,47,57-58H,10-11,16-31H2,1-3H3,(H-,55,59,60,63)/p+1/t32-,35?,36-,37?,38?,39?,40-,41?,42?,43+,44?,47?,51+,52-,53?/m1/s1. The molecule has 6 saturated carbocycles. The first-order valence-corrected chi connectivity index (χ1v) is 25.8. The number of rotatable bonds is 14. The number of carbonyl (C=O) groups excluding carboxylic acids is 4. The fourth-order valence-corrected chi connectivity index (χ4v) is 16.9. The van der Waals surface area contributed by atoms with Gasteiger partial charge < -0.3 is 48.8 Å². The Kier molecular flexibility index (Phi) is 12.6. The zero-order valence-corrected chi connectivity index (χ0v) is 40.3. The molecule has 2 aromatic carbocycles. The van der Waals surface area contributed by atoms with Crippen LogP contribution in [0.1, 0.15) is 122 Å². The van der Waals surface area contributed by atoms with Crippen molar-refractivity contribution in [1.82, 2.24) is 5.32 Å². The number of quaternary nitrogens is 1. The van der Waals surface area contributed by atoms with E-state index in [1.165, 1.54) is 25.9 Å². The van der Waals surface area contributed by atoms with Crippen LogP contribution in [-0.2, 0) is 43.7 Å². The molecule has 2 saturated heterocycles. The minimum atomic E-state index is -2.02. The molecule has 0 radical (unpaired) electrons. The van der Waals surface area contributed by atoms with Crippen LogP contribution in [0.15, 0.2) is 60.7 Å². The van der Waals surface area contributed by atoms with Gasteiger partial charge in [0.15, 0.2) is 0 Å². The van der Waals surface area contributed by atoms with Crippen molar-refractivity contribution in [2.24, 2.45) is 51.8 Å². The number of aliphatic hydroxyl groups excluding tert-OH is 2. The summed E-state index contributed by atoms with van der Waals surface area (Å²) in [7, 11) is 0. The maximum atomic E-state index is 14.7. The lowest BCUT2D eigenvalue weighted by Gasteiger charge is -2.80. The molecule has 2 aliphatic heterocycles. The minimum absolute atomic E-state index is 0.0214. The van der Waals surface area contributed by atoms with Crippen molar-refractivity contribution in [2.75, 3.05) is 26.4 Å². The summed E-state index contributed by atoms with van der Waals surface area (Å²) < 4.78 is 29.8. The van der Waals surface area contributed by atoms with Crippen molar-refractivity contribution in [3.63, 3.8) is 0 Å². The number of benzene rings is 2. The lowest BCUT2D eigenvalue weighted by Crippen LogP contribution is -2.94. The van der Waals surface area contributed by atoms with Gasteiger partial charge in [-0.25, -0.2) is 14.4 Å². The van der Waals surface area contributed by atoms with Gasteiger partial charge in [-0.05, 0) is 104 Å². The predicted octanol–water partition coefficient (Wildman–Crippen LogP) is 7.24. The number of carboxylic acid groups (broad SMARTS) is 1. The molecular weight excluding hydrogens is 885 g/mol. The van der Waals surface area contributed by atoms with Crippen molar-refractivity contribution in [3.8, 4) is 0 Å². The summed E-state index contributed by atoms with van der Waals surface area (Å²) in [5.74, 6) is -1.75. The number of nitrogens with one attached hydrogen (secondary N) is 1. The Morgan fingerprint density at radius 3 is 2.14 bits per heavy atom. The van der Waals surface area contributed by atoms with E-state index in [2.05, 4.69) is 26.1 Å². The highest BCUT2D eigenvalue weighted by Crippen LogP contribution is 2.74. The van der Waals surface area contributed by atoms with Crippen molar-refractivity contribution < 1.29 is 67.5 Å². The smallest absolute Gasteiger partial charge is 0.481 e. The number of nitrogens with zero attached hydrogens (tertiary/aromatic N) is 1. The molecule has 15 heteroatoms. The summed E-state index contributed by atoms with van der Waals surface area (Å²) in [6.07, 6.45) is 7.02. The molecule has 0 bridgehead atoms. The van der Waals surface area contributed by atoms with Crippen molar-refractivity contribution in [2.45, 2.75) is 153 Å². The fraction of sp³-hybridized carbons (Fsp3) is 0.685. The van der Waals surface area contributed by atoms with E-state index in [4.69, 9.17) is 23.7 Å². The number of amides is 1. The number of aliphatic carboxylic acids is 1. The van der Waals surface area contributed by atoms with Gasteiger partial charge in [0.25, 0.3) is 5.60 Å². The number of fused-ring (bicyclic) bond motifs is 7. The highest BCUT2D eigenvalue weighted by atomic mass is 16.8. The molecular formula is C54H71N2O13+. The number of carbonyl (C=O) groups is 5. The minimum Gasteiger partial charge on any atom is -0.481 e. The number of aliphatic hydroxyl groups is 2. The Bertz CT molecular complexity index is 2220. The highest BCUT2D eigenvalue weighted by Gasteiger charge is 2.86. The number of carboxylic acids is 1. The third-order valence-corrected chi connectivity index (χ3v) is 20.3. The summed E-state index contributed by atoms with van der Waals surface area (Å²) in [4.78, 5) is 65.5. The second-order valence-electron chi connectivity index (χ2n) is 22.8. The van der Waals surface area contributed by atoms with Crippen LogP contribution in [-0.4, -0.2) is 113 Å². The highest BCUT2D eigenvalue weighted by molar-refractivity contribution is 5.88. The van der Waals surface area contributed by atoms with E-state index < -0.39 is 72.8 Å². The van der Waals surface area contributed by atoms with Gasteiger partial charge in [0.1, 0.15) is 36.3 Å². The molecule has 4 N–H and O–H groups in total. The zero-order valence-electron chi connectivity index (χ0n) is 40.3. The molecule has 15 atom stereocenters. The third-order valence-electron chi connectivity index (χ3n) is 20.3. The quantitative estimate of drug-likeness (QED) is 0.0639. The van der Waals surface area contributed by atoms with Crippen molar-refractivity contribution in [3.05, 3.63) is 71.8 Å². The molecule has 8 aliphatic rings. The molecule has 1 amide bonds. The Labute approximate surface area is 404 Å². The number of alkyl carbamates (subject to hydrolysis) is 1. The number of piperidine rings is 2. The molecule has 0 aromatic heterocycles. The molecule has 374 valence electrons. The van der Waals surface area contributed by atoms with Crippen LogP contribution >= 0.6 is 0 Å². The van der Waals surface area contributed by atoms with Crippen LogP contribution in [0.5, 0.6) is 0 Å². The third kappa shape index (κ3) is 7.64. The van der Waals surface area contributed by atoms with E-state index in [1.54, 1.807) is 60.7 Å². The van der Waals surface area contributed by atoms with E-state index in [0.717, 1.165) is 43.0 Å². The van der Waals surface area contributed by atoms with Gasteiger partial charge in [-0.2, -0.15) is 0 Å². The second-order valence-corrected chi connectivity index (χ2v) is 22.8. The number of hydrogen-bond donors (Lipinski definition) is 4. The zero-order chi connectivity index (χ0) is 48.5. The first-order valence-electron chi connectivity index (χ1n) is 25.8. The van der Waals surface area contributed by atoms with Crippen LogP contribution in [0.4, 0.5) is 9.59 Å². The lowest BCUT2D eigenvalue weighted by atomic mass is 9.39. The van der Waals surface area contributed by atoms with Gasteiger partial charge in [-0.15, -0.1) is 0 Å². The lowest BCUT2D eigenvalue weighted by molar-refractivity contribution is -1.05. The summed E-state index contributed by atoms with van der Waals surface area (Å²) in [6.45, 7) is 7.53. The molecule has 2 spiro atoms. The number of hydrogen-bond acceptors (Lipinski definition) is 12.